The molecule has 0 heterocycles. The SMILES string of the molecule is N#CNC(=O)c1ccccc1[N+](=O)[O-]. The summed E-state index contributed by atoms with van der Waals surface area (Å²) in [4.78, 5) is 20.9. The molecule has 0 spiro atoms. The maximum absolute atomic E-state index is 11.1. The molecule has 0 fully saturated rings. The Morgan fingerprint density at radius 1 is 1.50 bits per heavy atom. The van der Waals surface area contributed by atoms with Crippen molar-refractivity contribution in [1.29, 1.82) is 5.26 Å². The van der Waals surface area contributed by atoms with Crippen LogP contribution in [0.5, 0.6) is 0 Å². The lowest BCUT2D eigenvalue weighted by molar-refractivity contribution is -0.385. The van der Waals surface area contributed by atoms with Gasteiger partial charge in [0, 0.05) is 6.07 Å². The van der Waals surface area contributed by atoms with E-state index in [1.54, 1.807) is 0 Å². The Morgan fingerprint density at radius 3 is 2.71 bits per heavy atom. The molecule has 0 aromatic heterocycles. The van der Waals surface area contributed by atoms with Crippen LogP contribution in [-0.4, -0.2) is 10.8 Å². The number of para-hydroxylation sites is 1. The van der Waals surface area contributed by atoms with Gasteiger partial charge in [-0.15, -0.1) is 0 Å². The first kappa shape index (κ1) is 9.67. The van der Waals surface area contributed by atoms with Gasteiger partial charge in [-0.3, -0.25) is 20.2 Å². The first-order valence-corrected chi connectivity index (χ1v) is 3.59. The summed E-state index contributed by atoms with van der Waals surface area (Å²) in [5.41, 5.74) is -0.445. The lowest BCUT2D eigenvalue weighted by Gasteiger charge is -1.98. The average Bonchev–Trinajstić information content (AvgIpc) is 2.18. The Morgan fingerprint density at radius 2 is 2.14 bits per heavy atom. The summed E-state index contributed by atoms with van der Waals surface area (Å²) in [5, 5.41) is 20.5. The molecule has 1 aromatic rings. The van der Waals surface area contributed by atoms with Crippen LogP contribution in [0.25, 0.3) is 0 Å². The minimum absolute atomic E-state index is 0.126. The Bertz CT molecular complexity index is 422. The number of nitro benzene ring substituents is 1. The fourth-order valence-electron chi connectivity index (χ4n) is 0.943. The number of hydrogen-bond donors (Lipinski definition) is 1. The van der Waals surface area contributed by atoms with Gasteiger partial charge in [0.1, 0.15) is 5.56 Å². The van der Waals surface area contributed by atoms with Gasteiger partial charge in [0.2, 0.25) is 0 Å². The van der Waals surface area contributed by atoms with Gasteiger partial charge in [-0.1, -0.05) is 12.1 Å². The molecule has 0 bridgehead atoms. The zero-order valence-electron chi connectivity index (χ0n) is 6.93. The Hall–Kier alpha value is -2.42. The van der Waals surface area contributed by atoms with E-state index in [-0.39, 0.29) is 11.3 Å². The zero-order chi connectivity index (χ0) is 10.6. The van der Waals surface area contributed by atoms with Gasteiger partial charge >= 0.3 is 0 Å². The molecule has 70 valence electrons. The van der Waals surface area contributed by atoms with Crippen LogP contribution in [0.2, 0.25) is 0 Å². The van der Waals surface area contributed by atoms with Crippen LogP contribution in [-0.2, 0) is 0 Å². The second kappa shape index (κ2) is 4.00. The standard InChI is InChI=1S/C8H5N3O3/c9-5-10-8(12)6-3-1-2-4-7(6)11(13)14/h1-4H,(H,10,12). The maximum atomic E-state index is 11.1. The number of nitrogens with one attached hydrogen (secondary N) is 1. The fraction of sp³-hybridized carbons (Fsp3) is 0. The van der Waals surface area contributed by atoms with E-state index >= 15 is 0 Å². The molecule has 0 atom stereocenters. The second-order valence-corrected chi connectivity index (χ2v) is 2.34. The van der Waals surface area contributed by atoms with Crippen LogP contribution < -0.4 is 5.32 Å². The van der Waals surface area contributed by atoms with Crippen molar-refractivity contribution in [2.45, 2.75) is 0 Å². The minimum atomic E-state index is -0.778. The molecule has 0 aliphatic rings. The van der Waals surface area contributed by atoms with E-state index in [1.165, 1.54) is 30.5 Å². The van der Waals surface area contributed by atoms with E-state index in [1.807, 2.05) is 5.32 Å². The Kier molecular flexibility index (Phi) is 2.76. The van der Waals surface area contributed by atoms with Crippen LogP contribution >= 0.6 is 0 Å². The third-order valence-corrected chi connectivity index (χ3v) is 1.51. The van der Waals surface area contributed by atoms with Crippen molar-refractivity contribution in [2.75, 3.05) is 0 Å². The smallest absolute Gasteiger partial charge is 0.268 e. The summed E-state index contributed by atoms with van der Waals surface area (Å²) in [5.74, 6) is -0.778. The molecule has 1 N–H and O–H groups in total. The normalized spacial score (nSPS) is 8.79. The number of hydrogen-bond acceptors (Lipinski definition) is 4. The zero-order valence-corrected chi connectivity index (χ0v) is 6.93. The van der Waals surface area contributed by atoms with Crippen molar-refractivity contribution in [1.82, 2.24) is 5.32 Å². The van der Waals surface area contributed by atoms with Crippen molar-refractivity contribution in [3.63, 3.8) is 0 Å². The number of carbonyl (C=O) groups is 1. The van der Waals surface area contributed by atoms with Gasteiger partial charge in [-0.25, -0.2) is 0 Å². The van der Waals surface area contributed by atoms with E-state index in [9.17, 15) is 14.9 Å². The minimum Gasteiger partial charge on any atom is -0.268 e. The number of nitrogens with zero attached hydrogens (tertiary/aromatic N) is 2. The molecule has 0 saturated carbocycles. The average molecular weight is 191 g/mol. The van der Waals surface area contributed by atoms with Crippen molar-refractivity contribution >= 4 is 11.6 Å². The number of amides is 1. The summed E-state index contributed by atoms with van der Waals surface area (Å²) in [6.45, 7) is 0. The molecule has 6 nitrogen and oxygen atoms in total. The number of nitro groups is 1. The first-order chi connectivity index (χ1) is 6.66. The third kappa shape index (κ3) is 1.84. The largest absolute Gasteiger partial charge is 0.282 e. The molecule has 14 heavy (non-hydrogen) atoms. The third-order valence-electron chi connectivity index (χ3n) is 1.51. The van der Waals surface area contributed by atoms with E-state index in [4.69, 9.17) is 5.26 Å². The van der Waals surface area contributed by atoms with Gasteiger partial charge in [-0.2, -0.15) is 5.26 Å². The predicted octanol–water partition coefficient (Wildman–Crippen LogP) is 0.806. The Labute approximate surface area is 78.9 Å². The van der Waals surface area contributed by atoms with Crippen LogP contribution in [0.15, 0.2) is 24.3 Å². The van der Waals surface area contributed by atoms with E-state index in [2.05, 4.69) is 0 Å². The molecule has 0 aliphatic heterocycles. The summed E-state index contributed by atoms with van der Waals surface area (Å²) in [6, 6.07) is 5.41. The van der Waals surface area contributed by atoms with Crippen molar-refractivity contribution in [3.05, 3.63) is 39.9 Å². The van der Waals surface area contributed by atoms with Gasteiger partial charge < -0.3 is 0 Å². The summed E-state index contributed by atoms with van der Waals surface area (Å²) < 4.78 is 0. The van der Waals surface area contributed by atoms with Crippen molar-refractivity contribution in [2.24, 2.45) is 0 Å². The second-order valence-electron chi connectivity index (χ2n) is 2.34. The van der Waals surface area contributed by atoms with Crippen LogP contribution in [0.3, 0.4) is 0 Å². The lowest BCUT2D eigenvalue weighted by atomic mass is 10.2. The van der Waals surface area contributed by atoms with Gasteiger partial charge in [-0.05, 0) is 6.07 Å². The molecule has 1 aromatic carbocycles. The number of nitriles is 1. The lowest BCUT2D eigenvalue weighted by Crippen LogP contribution is -2.18. The summed E-state index contributed by atoms with van der Waals surface area (Å²) >= 11 is 0. The molecule has 6 heteroatoms. The maximum Gasteiger partial charge on any atom is 0.282 e. The molecule has 1 rings (SSSR count). The summed E-state index contributed by atoms with van der Waals surface area (Å²) in [7, 11) is 0. The number of benzene rings is 1. The first-order valence-electron chi connectivity index (χ1n) is 3.59. The molecular weight excluding hydrogens is 186 g/mol. The number of rotatable bonds is 2. The quantitative estimate of drug-likeness (QED) is 0.323. The molecule has 0 aliphatic carbocycles. The molecule has 1 amide bonds. The molecular formula is C8H5N3O3. The monoisotopic (exact) mass is 191 g/mol. The summed E-state index contributed by atoms with van der Waals surface area (Å²) in [6.07, 6.45) is 1.41. The van der Waals surface area contributed by atoms with Crippen LogP contribution in [0.4, 0.5) is 5.69 Å². The van der Waals surface area contributed by atoms with Crippen molar-refractivity contribution in [3.8, 4) is 6.19 Å². The van der Waals surface area contributed by atoms with E-state index in [0.717, 1.165) is 0 Å². The molecule has 0 unspecified atom stereocenters. The van der Waals surface area contributed by atoms with E-state index < -0.39 is 10.8 Å². The van der Waals surface area contributed by atoms with Gasteiger partial charge in [0.25, 0.3) is 11.6 Å². The highest BCUT2D eigenvalue weighted by Gasteiger charge is 2.18. The topological polar surface area (TPSA) is 96.0 Å². The van der Waals surface area contributed by atoms with Crippen LogP contribution in [0, 0.1) is 21.6 Å². The molecule has 0 saturated heterocycles. The van der Waals surface area contributed by atoms with Crippen molar-refractivity contribution < 1.29 is 9.72 Å². The molecule has 0 radical (unpaired) electrons. The van der Waals surface area contributed by atoms with Gasteiger partial charge in [0.05, 0.1) is 4.92 Å². The Balaban J connectivity index is 3.15. The predicted molar refractivity (Wildman–Crippen MR) is 46.2 cm³/mol. The highest BCUT2D eigenvalue weighted by molar-refractivity contribution is 5.98. The van der Waals surface area contributed by atoms with Crippen LogP contribution in [0.1, 0.15) is 10.4 Å². The highest BCUT2D eigenvalue weighted by Crippen LogP contribution is 2.16. The fourth-order valence-corrected chi connectivity index (χ4v) is 0.943. The van der Waals surface area contributed by atoms with Gasteiger partial charge in [0.15, 0.2) is 6.19 Å². The highest BCUT2D eigenvalue weighted by atomic mass is 16.6. The number of carbonyl (C=O) groups excluding carboxylic acids is 1. The van der Waals surface area contributed by atoms with E-state index in [0.29, 0.717) is 0 Å².